The Morgan fingerprint density at radius 3 is 2.94 bits per heavy atom. The Balaban J connectivity index is 2.15. The van der Waals surface area contributed by atoms with E-state index in [0.717, 1.165) is 25.8 Å². The Hall–Kier alpha value is -1.62. The van der Waals surface area contributed by atoms with Crippen LogP contribution in [0.4, 0.5) is 10.1 Å². The summed E-state index contributed by atoms with van der Waals surface area (Å²) in [6, 6.07) is 4.04. The molecule has 1 amide bonds. The van der Waals surface area contributed by atoms with Gasteiger partial charge in [-0.15, -0.1) is 0 Å². The average molecular weight is 251 g/mol. The lowest BCUT2D eigenvalue weighted by Gasteiger charge is -2.33. The van der Waals surface area contributed by atoms with Gasteiger partial charge in [0, 0.05) is 12.2 Å². The molecule has 1 saturated heterocycles. The first kappa shape index (κ1) is 12.8. The largest absolute Gasteiger partial charge is 0.398 e. The minimum Gasteiger partial charge on any atom is -0.398 e. The summed E-state index contributed by atoms with van der Waals surface area (Å²) in [7, 11) is 0. The summed E-state index contributed by atoms with van der Waals surface area (Å²) in [6.07, 6.45) is 2.80. The number of primary amides is 1. The van der Waals surface area contributed by atoms with Gasteiger partial charge in [0.1, 0.15) is 5.82 Å². The Morgan fingerprint density at radius 1 is 1.44 bits per heavy atom. The summed E-state index contributed by atoms with van der Waals surface area (Å²) in [6.45, 7) is 1.26. The summed E-state index contributed by atoms with van der Waals surface area (Å²) in [5.41, 5.74) is 12.5. The van der Waals surface area contributed by atoms with Crippen molar-refractivity contribution in [3.8, 4) is 0 Å². The fraction of sp³-hybridized carbons (Fsp3) is 0.462. The molecular weight excluding hydrogens is 233 g/mol. The zero-order chi connectivity index (χ0) is 13.1. The third-order valence-electron chi connectivity index (χ3n) is 3.42. The quantitative estimate of drug-likeness (QED) is 0.794. The van der Waals surface area contributed by atoms with Crippen LogP contribution in [0.25, 0.3) is 0 Å². The standard InChI is InChI=1S/C13H18FN3O/c14-10-4-5-11(15)9(7-10)8-17-6-2-1-3-12(17)13(16)18/h4-5,7,12H,1-3,6,8,15H2,(H2,16,18). The smallest absolute Gasteiger partial charge is 0.234 e. The number of likely N-dealkylation sites (tertiary alicyclic amines) is 1. The van der Waals surface area contributed by atoms with Crippen molar-refractivity contribution < 1.29 is 9.18 Å². The lowest BCUT2D eigenvalue weighted by molar-refractivity contribution is -0.124. The highest BCUT2D eigenvalue weighted by molar-refractivity contribution is 5.79. The molecule has 4 N–H and O–H groups in total. The maximum atomic E-state index is 13.2. The number of rotatable bonds is 3. The van der Waals surface area contributed by atoms with Crippen molar-refractivity contribution in [3.05, 3.63) is 29.6 Å². The van der Waals surface area contributed by atoms with Gasteiger partial charge in [0.2, 0.25) is 5.91 Å². The van der Waals surface area contributed by atoms with E-state index < -0.39 is 0 Å². The molecule has 2 rings (SSSR count). The molecule has 98 valence electrons. The number of carbonyl (C=O) groups is 1. The van der Waals surface area contributed by atoms with Crippen molar-refractivity contribution in [1.82, 2.24) is 4.90 Å². The summed E-state index contributed by atoms with van der Waals surface area (Å²) in [5, 5.41) is 0. The summed E-state index contributed by atoms with van der Waals surface area (Å²) in [4.78, 5) is 13.4. The Kier molecular flexibility index (Phi) is 3.81. The number of nitrogens with two attached hydrogens (primary N) is 2. The van der Waals surface area contributed by atoms with Crippen molar-refractivity contribution in [1.29, 1.82) is 0 Å². The highest BCUT2D eigenvalue weighted by Crippen LogP contribution is 2.22. The van der Waals surface area contributed by atoms with Crippen LogP contribution >= 0.6 is 0 Å². The van der Waals surface area contributed by atoms with Gasteiger partial charge in [-0.05, 0) is 43.1 Å². The van der Waals surface area contributed by atoms with Crippen LogP contribution in [0.2, 0.25) is 0 Å². The predicted octanol–water partition coefficient (Wildman–Crippen LogP) is 1.25. The molecule has 18 heavy (non-hydrogen) atoms. The van der Waals surface area contributed by atoms with Crippen LogP contribution in [-0.2, 0) is 11.3 Å². The van der Waals surface area contributed by atoms with E-state index in [1.54, 1.807) is 6.07 Å². The van der Waals surface area contributed by atoms with E-state index in [2.05, 4.69) is 0 Å². The minimum absolute atomic E-state index is 0.263. The van der Waals surface area contributed by atoms with Gasteiger partial charge >= 0.3 is 0 Å². The van der Waals surface area contributed by atoms with E-state index in [9.17, 15) is 9.18 Å². The molecule has 5 heteroatoms. The number of carbonyl (C=O) groups excluding carboxylic acids is 1. The molecule has 0 aliphatic carbocycles. The van der Waals surface area contributed by atoms with Gasteiger partial charge in [-0.3, -0.25) is 9.69 Å². The number of nitrogen functional groups attached to an aromatic ring is 1. The first-order chi connectivity index (χ1) is 8.58. The topological polar surface area (TPSA) is 72.4 Å². The molecule has 1 aliphatic rings. The molecule has 1 atom stereocenters. The molecule has 0 radical (unpaired) electrons. The number of benzene rings is 1. The minimum atomic E-state index is -0.315. The molecule has 4 nitrogen and oxygen atoms in total. The first-order valence-corrected chi connectivity index (χ1v) is 6.15. The second-order valence-electron chi connectivity index (χ2n) is 4.73. The van der Waals surface area contributed by atoms with E-state index in [4.69, 9.17) is 11.5 Å². The maximum Gasteiger partial charge on any atom is 0.234 e. The van der Waals surface area contributed by atoms with Crippen molar-refractivity contribution in [2.75, 3.05) is 12.3 Å². The Morgan fingerprint density at radius 2 is 2.22 bits per heavy atom. The third-order valence-corrected chi connectivity index (χ3v) is 3.42. The van der Waals surface area contributed by atoms with Gasteiger partial charge < -0.3 is 11.5 Å². The summed E-state index contributed by atoms with van der Waals surface area (Å²) < 4.78 is 13.2. The molecule has 1 aliphatic heterocycles. The molecule has 1 fully saturated rings. The van der Waals surface area contributed by atoms with Crippen molar-refractivity contribution in [2.24, 2.45) is 5.73 Å². The third kappa shape index (κ3) is 2.79. The van der Waals surface area contributed by atoms with Gasteiger partial charge in [-0.1, -0.05) is 6.42 Å². The fourth-order valence-corrected chi connectivity index (χ4v) is 2.43. The van der Waals surface area contributed by atoms with Crippen molar-refractivity contribution >= 4 is 11.6 Å². The van der Waals surface area contributed by atoms with E-state index in [1.807, 2.05) is 4.90 Å². The predicted molar refractivity (Wildman–Crippen MR) is 68.1 cm³/mol. The number of halogens is 1. The van der Waals surface area contributed by atoms with Gasteiger partial charge in [0.15, 0.2) is 0 Å². The van der Waals surface area contributed by atoms with Crippen LogP contribution in [0.1, 0.15) is 24.8 Å². The van der Waals surface area contributed by atoms with Crippen LogP contribution in [0.5, 0.6) is 0 Å². The molecule has 0 spiro atoms. The summed E-state index contributed by atoms with van der Waals surface area (Å²) >= 11 is 0. The van der Waals surface area contributed by atoms with E-state index >= 15 is 0 Å². The number of amides is 1. The molecule has 0 bridgehead atoms. The summed E-state index contributed by atoms with van der Waals surface area (Å²) in [5.74, 6) is -0.628. The number of nitrogens with zero attached hydrogens (tertiary/aromatic N) is 1. The second-order valence-corrected chi connectivity index (χ2v) is 4.73. The zero-order valence-electron chi connectivity index (χ0n) is 10.2. The molecule has 0 saturated carbocycles. The van der Waals surface area contributed by atoms with Gasteiger partial charge in [-0.25, -0.2) is 4.39 Å². The molecule has 0 aromatic heterocycles. The normalized spacial score (nSPS) is 20.8. The van der Waals surface area contributed by atoms with Crippen molar-refractivity contribution in [3.63, 3.8) is 0 Å². The average Bonchev–Trinajstić information content (AvgIpc) is 2.34. The van der Waals surface area contributed by atoms with Crippen LogP contribution < -0.4 is 11.5 Å². The van der Waals surface area contributed by atoms with Crippen LogP contribution in [0.3, 0.4) is 0 Å². The van der Waals surface area contributed by atoms with Gasteiger partial charge in [-0.2, -0.15) is 0 Å². The lowest BCUT2D eigenvalue weighted by atomic mass is 10.0. The van der Waals surface area contributed by atoms with Crippen molar-refractivity contribution in [2.45, 2.75) is 31.8 Å². The maximum absolute atomic E-state index is 13.2. The highest BCUT2D eigenvalue weighted by atomic mass is 19.1. The first-order valence-electron chi connectivity index (χ1n) is 6.15. The SMILES string of the molecule is NC(=O)C1CCCCN1Cc1cc(F)ccc1N. The molecule has 1 aromatic rings. The van der Waals surface area contributed by atoms with E-state index in [0.29, 0.717) is 17.8 Å². The number of hydrogen-bond acceptors (Lipinski definition) is 3. The monoisotopic (exact) mass is 251 g/mol. The van der Waals surface area contributed by atoms with E-state index in [1.165, 1.54) is 12.1 Å². The molecule has 1 aromatic carbocycles. The molecule has 1 heterocycles. The molecular formula is C13H18FN3O. The second kappa shape index (κ2) is 5.35. The van der Waals surface area contributed by atoms with Crippen LogP contribution in [0.15, 0.2) is 18.2 Å². The fourth-order valence-electron chi connectivity index (χ4n) is 2.43. The number of anilines is 1. The van der Waals surface area contributed by atoms with Gasteiger partial charge in [0.05, 0.1) is 6.04 Å². The zero-order valence-corrected chi connectivity index (χ0v) is 10.2. The lowest BCUT2D eigenvalue weighted by Crippen LogP contribution is -2.47. The van der Waals surface area contributed by atoms with Gasteiger partial charge in [0.25, 0.3) is 0 Å². The van der Waals surface area contributed by atoms with E-state index in [-0.39, 0.29) is 17.8 Å². The number of piperidine rings is 1. The van der Waals surface area contributed by atoms with Crippen LogP contribution in [0, 0.1) is 5.82 Å². The van der Waals surface area contributed by atoms with Crippen LogP contribution in [-0.4, -0.2) is 23.4 Å². The Bertz CT molecular complexity index is 450. The Labute approximate surface area is 106 Å². The highest BCUT2D eigenvalue weighted by Gasteiger charge is 2.27. The molecule has 1 unspecified atom stereocenters. The number of hydrogen-bond donors (Lipinski definition) is 2.